The van der Waals surface area contributed by atoms with Crippen LogP contribution in [-0.2, 0) is 9.53 Å². The van der Waals surface area contributed by atoms with Crippen molar-refractivity contribution in [1.82, 2.24) is 5.32 Å². The molecular formula is C11H7F6NO2. The van der Waals surface area contributed by atoms with Crippen LogP contribution in [0.25, 0.3) is 0 Å². The van der Waals surface area contributed by atoms with Crippen molar-refractivity contribution >= 4 is 5.97 Å². The molecule has 1 aliphatic heterocycles. The van der Waals surface area contributed by atoms with Crippen molar-refractivity contribution in [2.24, 2.45) is 0 Å². The smallest absolute Gasteiger partial charge is 0.423 e. The molecule has 1 saturated heterocycles. The summed E-state index contributed by atoms with van der Waals surface area (Å²) in [6, 6.07) is 4.88. The van der Waals surface area contributed by atoms with E-state index in [1.165, 1.54) is 35.6 Å². The number of halogens is 6. The first kappa shape index (κ1) is 14.6. The molecule has 0 spiro atoms. The first-order valence-corrected chi connectivity index (χ1v) is 5.27. The van der Waals surface area contributed by atoms with Gasteiger partial charge in [-0.25, -0.2) is 10.1 Å². The van der Waals surface area contributed by atoms with E-state index in [1.54, 1.807) is 0 Å². The lowest BCUT2D eigenvalue weighted by molar-refractivity contribution is -0.369. The number of hydrogen-bond acceptors (Lipinski definition) is 3. The molecule has 0 bridgehead atoms. The number of carbonyl (C=O) groups excluding carboxylic acids is 1. The average Bonchev–Trinajstić information content (AvgIpc) is 2.68. The van der Waals surface area contributed by atoms with Gasteiger partial charge in [0.15, 0.2) is 0 Å². The van der Waals surface area contributed by atoms with E-state index in [2.05, 4.69) is 4.74 Å². The lowest BCUT2D eigenvalue weighted by Crippen LogP contribution is -2.64. The van der Waals surface area contributed by atoms with Gasteiger partial charge < -0.3 is 4.74 Å². The Balaban J connectivity index is 2.44. The molecule has 1 atom stereocenters. The molecule has 0 saturated carbocycles. The molecule has 1 aromatic carbocycles. The van der Waals surface area contributed by atoms with Crippen molar-refractivity contribution in [3.05, 3.63) is 35.9 Å². The molecule has 0 amide bonds. The summed E-state index contributed by atoms with van der Waals surface area (Å²) in [5, 5.41) is 1.23. The molecule has 110 valence electrons. The lowest BCUT2D eigenvalue weighted by Gasteiger charge is -2.31. The molecule has 1 heterocycles. The molecule has 3 nitrogen and oxygen atoms in total. The van der Waals surface area contributed by atoms with Crippen molar-refractivity contribution in [3.8, 4) is 0 Å². The third kappa shape index (κ3) is 2.11. The van der Waals surface area contributed by atoms with E-state index in [0.29, 0.717) is 0 Å². The zero-order valence-electron chi connectivity index (χ0n) is 9.55. The molecule has 0 aliphatic carbocycles. The number of ether oxygens (including phenoxy) is 1. The predicted octanol–water partition coefficient (Wildman–Crippen LogP) is 2.70. The highest BCUT2D eigenvalue weighted by Crippen LogP contribution is 2.48. The van der Waals surface area contributed by atoms with Gasteiger partial charge in [0, 0.05) is 0 Å². The summed E-state index contributed by atoms with van der Waals surface area (Å²) in [5.74, 6) is -1.63. The molecule has 1 fully saturated rings. The van der Waals surface area contributed by atoms with E-state index in [9.17, 15) is 31.1 Å². The number of benzene rings is 1. The zero-order valence-corrected chi connectivity index (χ0v) is 9.55. The van der Waals surface area contributed by atoms with E-state index in [-0.39, 0.29) is 5.56 Å². The van der Waals surface area contributed by atoms with Crippen LogP contribution in [0.3, 0.4) is 0 Å². The largest absolute Gasteiger partial charge is 0.452 e. The van der Waals surface area contributed by atoms with Crippen LogP contribution in [0.5, 0.6) is 0 Å². The Kier molecular flexibility index (Phi) is 3.20. The van der Waals surface area contributed by atoms with Crippen LogP contribution in [-0.4, -0.2) is 24.0 Å². The van der Waals surface area contributed by atoms with Crippen molar-refractivity contribution in [3.63, 3.8) is 0 Å². The number of alkyl halides is 6. The standard InChI is InChI=1S/C11H7F6NO2/c12-10(13,14)9(11(15,16)17)18-7(8(19)20-9)6-4-2-1-3-5-6/h1-5,7,18H/t7-/m1/s1. The van der Waals surface area contributed by atoms with Gasteiger partial charge in [-0.2, -0.15) is 26.3 Å². The van der Waals surface area contributed by atoms with Gasteiger partial charge in [-0.3, -0.25) is 0 Å². The molecule has 1 N–H and O–H groups in total. The Labute approximate surface area is 108 Å². The van der Waals surface area contributed by atoms with Crippen molar-refractivity contribution in [2.45, 2.75) is 24.1 Å². The molecule has 0 unspecified atom stereocenters. The third-order valence-corrected chi connectivity index (χ3v) is 2.77. The minimum Gasteiger partial charge on any atom is -0.423 e. The monoisotopic (exact) mass is 299 g/mol. The lowest BCUT2D eigenvalue weighted by atomic mass is 10.1. The van der Waals surface area contributed by atoms with Gasteiger partial charge in [0.25, 0.3) is 0 Å². The van der Waals surface area contributed by atoms with E-state index >= 15 is 0 Å². The van der Waals surface area contributed by atoms with Crippen LogP contribution in [0, 0.1) is 0 Å². The predicted molar refractivity (Wildman–Crippen MR) is 53.3 cm³/mol. The number of esters is 1. The maximum atomic E-state index is 12.7. The van der Waals surface area contributed by atoms with Gasteiger partial charge in [-0.15, -0.1) is 0 Å². The Morgan fingerprint density at radius 1 is 1.00 bits per heavy atom. The second-order valence-corrected chi connectivity index (χ2v) is 4.09. The Bertz CT molecular complexity index is 496. The van der Waals surface area contributed by atoms with Crippen LogP contribution < -0.4 is 5.32 Å². The summed E-state index contributed by atoms with van der Waals surface area (Å²) in [4.78, 5) is 11.4. The van der Waals surface area contributed by atoms with Gasteiger partial charge in [0.1, 0.15) is 6.04 Å². The van der Waals surface area contributed by atoms with Gasteiger partial charge in [-0.1, -0.05) is 30.3 Å². The summed E-state index contributed by atoms with van der Waals surface area (Å²) in [5.41, 5.74) is -4.73. The number of hydrogen-bond donors (Lipinski definition) is 1. The molecular weight excluding hydrogens is 292 g/mol. The van der Waals surface area contributed by atoms with Crippen LogP contribution >= 0.6 is 0 Å². The van der Waals surface area contributed by atoms with Crippen LogP contribution in [0.15, 0.2) is 30.3 Å². The normalized spacial score (nSPS) is 22.7. The first-order valence-electron chi connectivity index (χ1n) is 5.27. The highest BCUT2D eigenvalue weighted by molar-refractivity contribution is 5.80. The zero-order chi connectivity index (χ0) is 15.2. The third-order valence-electron chi connectivity index (χ3n) is 2.77. The number of nitrogens with one attached hydrogen (secondary N) is 1. The van der Waals surface area contributed by atoms with Crippen molar-refractivity contribution < 1.29 is 35.9 Å². The fraction of sp³-hybridized carbons (Fsp3) is 0.364. The SMILES string of the molecule is O=C1OC(C(F)(F)F)(C(F)(F)F)N[C@@H]1c1ccccc1. The maximum Gasteiger partial charge on any atom is 0.452 e. The first-order chi connectivity index (χ1) is 9.08. The second kappa shape index (κ2) is 4.37. The summed E-state index contributed by atoms with van der Waals surface area (Å²) >= 11 is 0. The molecule has 1 aromatic rings. The Morgan fingerprint density at radius 2 is 1.50 bits per heavy atom. The quantitative estimate of drug-likeness (QED) is 0.640. The fourth-order valence-corrected chi connectivity index (χ4v) is 1.81. The maximum absolute atomic E-state index is 12.7. The molecule has 20 heavy (non-hydrogen) atoms. The fourth-order valence-electron chi connectivity index (χ4n) is 1.81. The minimum atomic E-state index is -5.83. The van der Waals surface area contributed by atoms with Gasteiger partial charge in [-0.05, 0) is 5.56 Å². The van der Waals surface area contributed by atoms with Gasteiger partial charge in [0.2, 0.25) is 0 Å². The van der Waals surface area contributed by atoms with Gasteiger partial charge >= 0.3 is 24.0 Å². The highest BCUT2D eigenvalue weighted by Gasteiger charge is 2.78. The van der Waals surface area contributed by atoms with Crippen LogP contribution in [0.4, 0.5) is 26.3 Å². The van der Waals surface area contributed by atoms with Crippen LogP contribution in [0.1, 0.15) is 11.6 Å². The number of rotatable bonds is 1. The van der Waals surface area contributed by atoms with E-state index < -0.39 is 30.1 Å². The molecule has 0 radical (unpaired) electrons. The second-order valence-electron chi connectivity index (χ2n) is 4.09. The number of cyclic esters (lactones) is 1. The number of carbonyl (C=O) groups is 1. The van der Waals surface area contributed by atoms with Crippen LogP contribution in [0.2, 0.25) is 0 Å². The highest BCUT2D eigenvalue weighted by atomic mass is 19.4. The minimum absolute atomic E-state index is 0.0483. The molecule has 2 rings (SSSR count). The van der Waals surface area contributed by atoms with Crippen molar-refractivity contribution in [1.29, 1.82) is 0 Å². The van der Waals surface area contributed by atoms with Crippen molar-refractivity contribution in [2.75, 3.05) is 0 Å². The van der Waals surface area contributed by atoms with Gasteiger partial charge in [0.05, 0.1) is 0 Å². The summed E-state index contributed by atoms with van der Waals surface area (Å²) < 4.78 is 79.9. The summed E-state index contributed by atoms with van der Waals surface area (Å²) in [7, 11) is 0. The molecule has 1 aliphatic rings. The van der Waals surface area contributed by atoms with E-state index in [4.69, 9.17) is 0 Å². The summed E-state index contributed by atoms with van der Waals surface area (Å²) in [6.07, 6.45) is -11.7. The Hall–Kier alpha value is -1.77. The topological polar surface area (TPSA) is 38.3 Å². The molecule has 9 heteroatoms. The molecule has 0 aromatic heterocycles. The summed E-state index contributed by atoms with van der Waals surface area (Å²) in [6.45, 7) is 0. The van der Waals surface area contributed by atoms with E-state index in [0.717, 1.165) is 0 Å². The Morgan fingerprint density at radius 3 is 1.90 bits per heavy atom. The average molecular weight is 299 g/mol. The van der Waals surface area contributed by atoms with E-state index in [1.807, 2.05) is 0 Å².